The fourth-order valence-corrected chi connectivity index (χ4v) is 3.32. The third-order valence-electron chi connectivity index (χ3n) is 3.83. The summed E-state index contributed by atoms with van der Waals surface area (Å²) in [5.41, 5.74) is 5.18. The van der Waals surface area contributed by atoms with Crippen LogP contribution >= 0.6 is 11.8 Å². The quantitative estimate of drug-likeness (QED) is 0.385. The van der Waals surface area contributed by atoms with Crippen LogP contribution in [0, 0.1) is 5.92 Å². The SMILES string of the molecule is COC(=O)Cc1cc(=O)[nH]c(SCC(=O)N2CCC[C@H](C(N)=O)C2)n1. The summed E-state index contributed by atoms with van der Waals surface area (Å²) in [5.74, 6) is -1.31. The number of esters is 1. The second kappa shape index (κ2) is 8.65. The number of thioether (sulfide) groups is 1. The van der Waals surface area contributed by atoms with E-state index in [0.717, 1.165) is 18.2 Å². The Morgan fingerprint density at radius 3 is 2.92 bits per heavy atom. The Labute approximate surface area is 148 Å². The normalized spacial score (nSPS) is 17.2. The van der Waals surface area contributed by atoms with E-state index in [1.54, 1.807) is 4.90 Å². The van der Waals surface area contributed by atoms with E-state index in [1.807, 2.05) is 0 Å². The third kappa shape index (κ3) is 5.59. The largest absolute Gasteiger partial charge is 0.469 e. The van der Waals surface area contributed by atoms with E-state index in [2.05, 4.69) is 14.7 Å². The molecule has 9 nitrogen and oxygen atoms in total. The zero-order valence-corrected chi connectivity index (χ0v) is 14.6. The minimum absolute atomic E-state index is 0.0656. The fraction of sp³-hybridized carbons (Fsp3) is 0.533. The minimum atomic E-state index is -0.504. The van der Waals surface area contributed by atoms with Crippen LogP contribution in [0.3, 0.4) is 0 Å². The van der Waals surface area contributed by atoms with Crippen LogP contribution < -0.4 is 11.3 Å². The highest BCUT2D eigenvalue weighted by Gasteiger charge is 2.26. The molecule has 0 saturated carbocycles. The smallest absolute Gasteiger partial charge is 0.311 e. The van der Waals surface area contributed by atoms with E-state index < -0.39 is 17.4 Å². The first-order chi connectivity index (χ1) is 11.9. The molecular weight excluding hydrogens is 348 g/mol. The highest BCUT2D eigenvalue weighted by Crippen LogP contribution is 2.19. The summed E-state index contributed by atoms with van der Waals surface area (Å²) in [7, 11) is 1.25. The lowest BCUT2D eigenvalue weighted by molar-refractivity contribution is -0.140. The average Bonchev–Trinajstić information content (AvgIpc) is 2.59. The first-order valence-electron chi connectivity index (χ1n) is 7.76. The topological polar surface area (TPSA) is 135 Å². The van der Waals surface area contributed by atoms with E-state index >= 15 is 0 Å². The average molecular weight is 368 g/mol. The molecule has 25 heavy (non-hydrogen) atoms. The number of aromatic amines is 1. The van der Waals surface area contributed by atoms with Crippen LogP contribution in [-0.4, -0.2) is 58.6 Å². The van der Waals surface area contributed by atoms with E-state index in [9.17, 15) is 19.2 Å². The van der Waals surface area contributed by atoms with E-state index in [0.29, 0.717) is 19.5 Å². The summed E-state index contributed by atoms with van der Waals surface area (Å²) in [6.45, 7) is 0.899. The van der Waals surface area contributed by atoms with Crippen LogP contribution in [0.4, 0.5) is 0 Å². The number of amides is 2. The Balaban J connectivity index is 1.96. The van der Waals surface area contributed by atoms with Crippen LogP contribution in [0.15, 0.2) is 16.0 Å². The number of H-pyrrole nitrogens is 1. The highest BCUT2D eigenvalue weighted by molar-refractivity contribution is 7.99. The molecule has 1 saturated heterocycles. The summed E-state index contributed by atoms with van der Waals surface area (Å²) in [6, 6.07) is 1.21. The molecule has 0 bridgehead atoms. The van der Waals surface area contributed by atoms with Gasteiger partial charge in [0, 0.05) is 19.2 Å². The number of hydrogen-bond acceptors (Lipinski definition) is 7. The molecular formula is C15H20N4O5S. The number of likely N-dealkylation sites (tertiary alicyclic amines) is 1. The van der Waals surface area contributed by atoms with Gasteiger partial charge in [0.2, 0.25) is 11.8 Å². The van der Waals surface area contributed by atoms with Gasteiger partial charge in [0.25, 0.3) is 5.56 Å². The zero-order chi connectivity index (χ0) is 18.4. The Bertz CT molecular complexity index is 720. The molecule has 10 heteroatoms. The van der Waals surface area contributed by atoms with E-state index in [1.165, 1.54) is 13.2 Å². The Morgan fingerprint density at radius 2 is 2.24 bits per heavy atom. The lowest BCUT2D eigenvalue weighted by Crippen LogP contribution is -2.44. The Morgan fingerprint density at radius 1 is 1.48 bits per heavy atom. The van der Waals surface area contributed by atoms with Gasteiger partial charge in [-0.25, -0.2) is 4.98 Å². The third-order valence-corrected chi connectivity index (χ3v) is 4.69. The van der Waals surface area contributed by atoms with Gasteiger partial charge in [-0.3, -0.25) is 19.2 Å². The predicted molar refractivity (Wildman–Crippen MR) is 89.8 cm³/mol. The van der Waals surface area contributed by atoms with Gasteiger partial charge in [0.1, 0.15) is 0 Å². The van der Waals surface area contributed by atoms with Crippen molar-refractivity contribution in [3.8, 4) is 0 Å². The standard InChI is InChI=1S/C15H20N4O5S/c1-24-13(22)6-10-5-11(20)18-15(17-10)25-8-12(21)19-4-2-3-9(7-19)14(16)23/h5,9H,2-4,6-8H2,1H3,(H2,16,23)(H,17,18,20)/t9-/m0/s1. The maximum absolute atomic E-state index is 12.3. The number of carbonyl (C=O) groups excluding carboxylic acids is 3. The molecule has 1 aliphatic heterocycles. The molecule has 0 spiro atoms. The lowest BCUT2D eigenvalue weighted by Gasteiger charge is -2.31. The van der Waals surface area contributed by atoms with Gasteiger partial charge in [0.15, 0.2) is 5.16 Å². The summed E-state index contributed by atoms with van der Waals surface area (Å²) in [6.07, 6.45) is 1.30. The molecule has 1 aromatic rings. The minimum Gasteiger partial charge on any atom is -0.469 e. The molecule has 136 valence electrons. The number of ether oxygens (including phenoxy) is 1. The summed E-state index contributed by atoms with van der Waals surface area (Å²) in [5, 5.41) is 0.253. The van der Waals surface area contributed by atoms with E-state index in [-0.39, 0.29) is 34.8 Å². The van der Waals surface area contributed by atoms with Crippen molar-refractivity contribution in [2.24, 2.45) is 11.7 Å². The molecule has 1 aliphatic rings. The fourth-order valence-electron chi connectivity index (χ4n) is 2.52. The molecule has 0 aromatic carbocycles. The number of piperidine rings is 1. The number of nitrogens with two attached hydrogens (primary N) is 1. The van der Waals surface area contributed by atoms with Crippen molar-refractivity contribution in [1.82, 2.24) is 14.9 Å². The van der Waals surface area contributed by atoms with Gasteiger partial charge in [-0.1, -0.05) is 11.8 Å². The van der Waals surface area contributed by atoms with Crippen LogP contribution in [0.5, 0.6) is 0 Å². The Kier molecular flexibility index (Phi) is 6.57. The number of rotatable bonds is 6. The van der Waals surface area contributed by atoms with Crippen LogP contribution in [0.1, 0.15) is 18.5 Å². The number of nitrogens with zero attached hydrogens (tertiary/aromatic N) is 2. The van der Waals surface area contributed by atoms with Crippen molar-refractivity contribution in [1.29, 1.82) is 0 Å². The van der Waals surface area contributed by atoms with Crippen molar-refractivity contribution in [2.45, 2.75) is 24.4 Å². The predicted octanol–water partition coefficient (Wildman–Crippen LogP) is -0.699. The number of hydrogen-bond donors (Lipinski definition) is 2. The number of methoxy groups -OCH3 is 1. The van der Waals surface area contributed by atoms with Gasteiger partial charge in [-0.05, 0) is 12.8 Å². The summed E-state index contributed by atoms with van der Waals surface area (Å²) >= 11 is 1.07. The Hall–Kier alpha value is -2.36. The molecule has 0 aliphatic carbocycles. The van der Waals surface area contributed by atoms with E-state index in [4.69, 9.17) is 5.73 Å². The van der Waals surface area contributed by atoms with Crippen molar-refractivity contribution >= 4 is 29.5 Å². The summed E-state index contributed by atoms with van der Waals surface area (Å²) in [4.78, 5) is 54.8. The van der Waals surface area contributed by atoms with Gasteiger partial charge >= 0.3 is 5.97 Å². The number of primary amides is 1. The highest BCUT2D eigenvalue weighted by atomic mass is 32.2. The molecule has 1 aromatic heterocycles. The molecule has 0 unspecified atom stereocenters. The summed E-state index contributed by atoms with van der Waals surface area (Å²) < 4.78 is 4.54. The number of carbonyl (C=O) groups is 3. The van der Waals surface area contributed by atoms with Gasteiger partial charge < -0.3 is 20.4 Å². The van der Waals surface area contributed by atoms with Crippen LogP contribution in [-0.2, 0) is 25.5 Å². The van der Waals surface area contributed by atoms with Crippen LogP contribution in [0.25, 0.3) is 0 Å². The van der Waals surface area contributed by atoms with Gasteiger partial charge in [-0.2, -0.15) is 0 Å². The van der Waals surface area contributed by atoms with Crippen molar-refractivity contribution in [3.63, 3.8) is 0 Å². The van der Waals surface area contributed by atoms with Crippen molar-refractivity contribution in [2.75, 3.05) is 26.0 Å². The second-order valence-electron chi connectivity index (χ2n) is 5.66. The molecule has 0 radical (unpaired) electrons. The first kappa shape index (κ1) is 19.0. The van der Waals surface area contributed by atoms with Crippen molar-refractivity contribution in [3.05, 3.63) is 22.1 Å². The van der Waals surface area contributed by atoms with Gasteiger partial charge in [-0.15, -0.1) is 0 Å². The number of nitrogens with one attached hydrogen (secondary N) is 1. The molecule has 3 N–H and O–H groups in total. The molecule has 2 heterocycles. The molecule has 1 atom stereocenters. The molecule has 2 amide bonds. The maximum Gasteiger partial charge on any atom is 0.311 e. The van der Waals surface area contributed by atoms with Crippen molar-refractivity contribution < 1.29 is 19.1 Å². The second-order valence-corrected chi connectivity index (χ2v) is 6.63. The monoisotopic (exact) mass is 368 g/mol. The molecule has 1 fully saturated rings. The first-order valence-corrected chi connectivity index (χ1v) is 8.74. The zero-order valence-electron chi connectivity index (χ0n) is 13.8. The maximum atomic E-state index is 12.3. The number of aromatic nitrogens is 2. The van der Waals surface area contributed by atoms with Gasteiger partial charge in [0.05, 0.1) is 30.9 Å². The lowest BCUT2D eigenvalue weighted by atomic mass is 9.97. The molecule has 2 rings (SSSR count). The van der Waals surface area contributed by atoms with Crippen LogP contribution in [0.2, 0.25) is 0 Å².